The third-order valence-corrected chi connectivity index (χ3v) is 4.73. The number of ether oxygens (including phenoxy) is 1. The molecular weight excluding hydrogens is 380 g/mol. The van der Waals surface area contributed by atoms with Crippen LogP contribution in [0.3, 0.4) is 0 Å². The lowest BCUT2D eigenvalue weighted by Gasteiger charge is -2.35. The first-order chi connectivity index (χ1) is 10.7. The molecule has 1 aliphatic heterocycles. The summed E-state index contributed by atoms with van der Waals surface area (Å²) in [6.07, 6.45) is 3.87. The Labute approximate surface area is 151 Å². The predicted molar refractivity (Wildman–Crippen MR) is 97.2 cm³/mol. The molecule has 1 aromatic heterocycles. The quantitative estimate of drug-likeness (QED) is 0.855. The number of aryl methyl sites for hydroxylation is 1. The van der Waals surface area contributed by atoms with Crippen molar-refractivity contribution < 1.29 is 4.74 Å². The number of aromatic nitrogens is 2. The van der Waals surface area contributed by atoms with E-state index in [4.69, 9.17) is 4.74 Å². The summed E-state index contributed by atoms with van der Waals surface area (Å²) in [5.41, 5.74) is 1.27. The van der Waals surface area contributed by atoms with Crippen LogP contribution < -0.4 is 10.1 Å². The maximum Gasteiger partial charge on any atom is 0.133 e. The van der Waals surface area contributed by atoms with Crippen molar-refractivity contribution in [1.29, 1.82) is 0 Å². The Bertz CT molecular complexity index is 649. The highest BCUT2D eigenvalue weighted by molar-refractivity contribution is 9.10. The van der Waals surface area contributed by atoms with Gasteiger partial charge in [-0.15, -0.1) is 12.4 Å². The molecule has 1 unspecified atom stereocenters. The van der Waals surface area contributed by atoms with Gasteiger partial charge < -0.3 is 14.6 Å². The molecule has 0 amide bonds. The molecule has 1 aromatic carbocycles. The van der Waals surface area contributed by atoms with Crippen LogP contribution in [0, 0.1) is 0 Å². The fourth-order valence-corrected chi connectivity index (χ4v) is 3.52. The molecule has 126 valence electrons. The lowest BCUT2D eigenvalue weighted by Crippen LogP contribution is -2.46. The summed E-state index contributed by atoms with van der Waals surface area (Å²) in [7, 11) is 3.74. The van der Waals surface area contributed by atoms with E-state index in [0.29, 0.717) is 6.04 Å². The van der Waals surface area contributed by atoms with Crippen LogP contribution in [0.4, 0.5) is 0 Å². The SMILES string of the molecule is COc1ccc(CN2CCNCC2c2nccn2C)cc1Br.Cl. The van der Waals surface area contributed by atoms with Crippen molar-refractivity contribution in [1.82, 2.24) is 19.8 Å². The first-order valence-corrected chi connectivity index (χ1v) is 8.22. The van der Waals surface area contributed by atoms with Gasteiger partial charge in [-0.1, -0.05) is 6.07 Å². The minimum absolute atomic E-state index is 0. The van der Waals surface area contributed by atoms with E-state index < -0.39 is 0 Å². The number of piperazine rings is 1. The van der Waals surface area contributed by atoms with Gasteiger partial charge >= 0.3 is 0 Å². The first kappa shape index (κ1) is 18.3. The molecule has 2 aromatic rings. The molecule has 1 aliphatic rings. The molecule has 7 heteroatoms. The maximum absolute atomic E-state index is 5.30. The number of benzene rings is 1. The van der Waals surface area contributed by atoms with Gasteiger partial charge in [0.2, 0.25) is 0 Å². The van der Waals surface area contributed by atoms with Gasteiger partial charge in [-0.3, -0.25) is 4.90 Å². The van der Waals surface area contributed by atoms with Gasteiger partial charge in [-0.2, -0.15) is 0 Å². The fraction of sp³-hybridized carbons (Fsp3) is 0.438. The summed E-state index contributed by atoms with van der Waals surface area (Å²) >= 11 is 3.57. The van der Waals surface area contributed by atoms with Crippen LogP contribution >= 0.6 is 28.3 Å². The Morgan fingerprint density at radius 3 is 2.91 bits per heavy atom. The van der Waals surface area contributed by atoms with Crippen molar-refractivity contribution in [3.8, 4) is 5.75 Å². The van der Waals surface area contributed by atoms with E-state index >= 15 is 0 Å². The monoisotopic (exact) mass is 400 g/mol. The number of imidazole rings is 1. The highest BCUT2D eigenvalue weighted by Gasteiger charge is 2.26. The Morgan fingerprint density at radius 2 is 2.26 bits per heavy atom. The Hall–Kier alpha value is -1.08. The van der Waals surface area contributed by atoms with Crippen LogP contribution in [0.25, 0.3) is 0 Å². The number of methoxy groups -OCH3 is 1. The molecule has 0 radical (unpaired) electrons. The van der Waals surface area contributed by atoms with E-state index in [2.05, 4.69) is 54.9 Å². The van der Waals surface area contributed by atoms with Crippen molar-refractivity contribution in [2.75, 3.05) is 26.7 Å². The molecule has 1 fully saturated rings. The van der Waals surface area contributed by atoms with E-state index in [0.717, 1.165) is 42.2 Å². The highest BCUT2D eigenvalue weighted by Crippen LogP contribution is 2.28. The van der Waals surface area contributed by atoms with E-state index in [-0.39, 0.29) is 12.4 Å². The Morgan fingerprint density at radius 1 is 1.43 bits per heavy atom. The summed E-state index contributed by atoms with van der Waals surface area (Å²) < 4.78 is 8.40. The zero-order valence-corrected chi connectivity index (χ0v) is 15.7. The molecule has 2 heterocycles. The average Bonchev–Trinajstić information content (AvgIpc) is 2.94. The second-order valence-electron chi connectivity index (χ2n) is 5.56. The number of hydrogen-bond donors (Lipinski definition) is 1. The zero-order chi connectivity index (χ0) is 15.5. The second kappa shape index (κ2) is 8.15. The summed E-state index contributed by atoms with van der Waals surface area (Å²) in [5, 5.41) is 3.47. The van der Waals surface area contributed by atoms with E-state index in [1.807, 2.05) is 18.5 Å². The van der Waals surface area contributed by atoms with Gasteiger partial charge in [0, 0.05) is 45.6 Å². The van der Waals surface area contributed by atoms with E-state index in [1.165, 1.54) is 5.56 Å². The van der Waals surface area contributed by atoms with Gasteiger partial charge in [-0.05, 0) is 33.6 Å². The fourth-order valence-electron chi connectivity index (χ4n) is 2.93. The van der Waals surface area contributed by atoms with Crippen LogP contribution in [0.1, 0.15) is 17.4 Å². The van der Waals surface area contributed by atoms with Crippen molar-refractivity contribution in [2.24, 2.45) is 7.05 Å². The summed E-state index contributed by atoms with van der Waals surface area (Å²) in [6.45, 7) is 3.86. The number of rotatable bonds is 4. The minimum Gasteiger partial charge on any atom is -0.496 e. The van der Waals surface area contributed by atoms with Gasteiger partial charge in [0.1, 0.15) is 11.6 Å². The molecule has 23 heavy (non-hydrogen) atoms. The van der Waals surface area contributed by atoms with Crippen LogP contribution in [0.15, 0.2) is 35.1 Å². The lowest BCUT2D eigenvalue weighted by atomic mass is 10.1. The molecule has 0 saturated carbocycles. The van der Waals surface area contributed by atoms with Gasteiger partial charge in [-0.25, -0.2) is 4.98 Å². The molecule has 0 bridgehead atoms. The Kier molecular flexibility index (Phi) is 6.47. The second-order valence-corrected chi connectivity index (χ2v) is 6.41. The third kappa shape index (κ3) is 4.07. The summed E-state index contributed by atoms with van der Waals surface area (Å²) in [4.78, 5) is 7.01. The van der Waals surface area contributed by atoms with Crippen molar-refractivity contribution in [2.45, 2.75) is 12.6 Å². The van der Waals surface area contributed by atoms with Crippen molar-refractivity contribution in [3.63, 3.8) is 0 Å². The molecule has 0 aliphatic carbocycles. The lowest BCUT2D eigenvalue weighted by molar-refractivity contribution is 0.144. The Balaban J connectivity index is 0.00000192. The third-order valence-electron chi connectivity index (χ3n) is 4.11. The van der Waals surface area contributed by atoms with Crippen LogP contribution in [0.2, 0.25) is 0 Å². The van der Waals surface area contributed by atoms with Gasteiger partial charge in [0.05, 0.1) is 17.6 Å². The predicted octanol–water partition coefficient (Wildman–Crippen LogP) is 2.76. The van der Waals surface area contributed by atoms with Gasteiger partial charge in [0.25, 0.3) is 0 Å². The van der Waals surface area contributed by atoms with Crippen LogP contribution in [0.5, 0.6) is 5.75 Å². The smallest absolute Gasteiger partial charge is 0.133 e. The van der Waals surface area contributed by atoms with Gasteiger partial charge in [0.15, 0.2) is 0 Å². The normalized spacial score (nSPS) is 18.5. The molecule has 1 atom stereocenters. The zero-order valence-electron chi connectivity index (χ0n) is 13.3. The molecule has 0 spiro atoms. The number of nitrogens with one attached hydrogen (secondary N) is 1. The minimum atomic E-state index is 0. The van der Waals surface area contributed by atoms with E-state index in [9.17, 15) is 0 Å². The molecule has 1 saturated heterocycles. The molecule has 1 N–H and O–H groups in total. The number of nitrogens with zero attached hydrogens (tertiary/aromatic N) is 3. The maximum atomic E-state index is 5.30. The molecule has 5 nitrogen and oxygen atoms in total. The first-order valence-electron chi connectivity index (χ1n) is 7.43. The molecular formula is C16H22BrClN4O. The number of hydrogen-bond acceptors (Lipinski definition) is 4. The highest BCUT2D eigenvalue weighted by atomic mass is 79.9. The average molecular weight is 402 g/mol. The summed E-state index contributed by atoms with van der Waals surface area (Å²) in [6, 6.07) is 6.57. The topological polar surface area (TPSA) is 42.3 Å². The van der Waals surface area contributed by atoms with Crippen molar-refractivity contribution >= 4 is 28.3 Å². The van der Waals surface area contributed by atoms with Crippen LogP contribution in [-0.2, 0) is 13.6 Å². The summed E-state index contributed by atoms with van der Waals surface area (Å²) in [5.74, 6) is 1.98. The molecule has 3 rings (SSSR count). The number of halogens is 2. The largest absolute Gasteiger partial charge is 0.496 e. The van der Waals surface area contributed by atoms with Crippen LogP contribution in [-0.4, -0.2) is 41.2 Å². The van der Waals surface area contributed by atoms with Crippen molar-refractivity contribution in [3.05, 3.63) is 46.5 Å². The van der Waals surface area contributed by atoms with E-state index in [1.54, 1.807) is 7.11 Å². The standard InChI is InChI=1S/C16H21BrN4O.ClH/c1-20-7-6-19-16(20)14-10-18-5-8-21(14)11-12-3-4-15(22-2)13(17)9-12;/h3-4,6-7,9,14,18H,5,8,10-11H2,1-2H3;1H.